The highest BCUT2D eigenvalue weighted by molar-refractivity contribution is 14.1. The van der Waals surface area contributed by atoms with Crippen molar-refractivity contribution in [3.8, 4) is 17.6 Å². The van der Waals surface area contributed by atoms with Gasteiger partial charge in [0.05, 0.1) is 27.3 Å². The highest BCUT2D eigenvalue weighted by Gasteiger charge is 2.14. The highest BCUT2D eigenvalue weighted by Crippen LogP contribution is 2.36. The number of fused-ring (bicyclic) bond motifs is 2. The van der Waals surface area contributed by atoms with Crippen molar-refractivity contribution >= 4 is 56.0 Å². The van der Waals surface area contributed by atoms with Gasteiger partial charge in [0.1, 0.15) is 24.3 Å². The predicted molar refractivity (Wildman–Crippen MR) is 144 cm³/mol. The number of H-pyrrole nitrogens is 1. The minimum Gasteiger partial charge on any atom is -0.493 e. The van der Waals surface area contributed by atoms with E-state index in [2.05, 4.69) is 62.9 Å². The van der Waals surface area contributed by atoms with E-state index in [-0.39, 0.29) is 5.82 Å². The van der Waals surface area contributed by atoms with Crippen molar-refractivity contribution in [3.63, 3.8) is 0 Å². The molecule has 0 radical (unpaired) electrons. The van der Waals surface area contributed by atoms with Crippen LogP contribution < -0.4 is 9.47 Å². The number of hydrogen-bond donors (Lipinski definition) is 1. The molecule has 35 heavy (non-hydrogen) atoms. The summed E-state index contributed by atoms with van der Waals surface area (Å²) < 4.78 is 26.2. The van der Waals surface area contributed by atoms with Crippen molar-refractivity contribution in [2.75, 3.05) is 7.11 Å². The maximum Gasteiger partial charge on any atom is 0.174 e. The molecule has 0 atom stereocenters. The molecule has 0 spiro atoms. The largest absolute Gasteiger partial charge is 0.493 e. The van der Waals surface area contributed by atoms with Crippen molar-refractivity contribution < 1.29 is 13.9 Å². The lowest BCUT2D eigenvalue weighted by Crippen LogP contribution is -2.01. The third-order valence-electron chi connectivity index (χ3n) is 5.63. The number of benzene rings is 4. The second-order valence-electron chi connectivity index (χ2n) is 7.88. The molecular weight excluding hydrogens is 556 g/mol. The molecule has 172 valence electrons. The zero-order chi connectivity index (χ0) is 24.4. The summed E-state index contributed by atoms with van der Waals surface area (Å²) in [7, 11) is 1.59. The average molecular weight is 575 g/mol. The van der Waals surface area contributed by atoms with Gasteiger partial charge < -0.3 is 14.5 Å². The van der Waals surface area contributed by atoms with Gasteiger partial charge in [0.25, 0.3) is 0 Å². The molecule has 1 aromatic heterocycles. The Morgan fingerprint density at radius 3 is 2.77 bits per heavy atom. The predicted octanol–water partition coefficient (Wildman–Crippen LogP) is 7.11. The molecule has 1 N–H and O–H groups in total. The number of aromatic amines is 1. The smallest absolute Gasteiger partial charge is 0.174 e. The number of aromatic nitrogens is 2. The van der Waals surface area contributed by atoms with E-state index < -0.39 is 0 Å². The average Bonchev–Trinajstić information content (AvgIpc) is 3.29. The molecule has 0 fully saturated rings. The van der Waals surface area contributed by atoms with E-state index in [1.807, 2.05) is 30.3 Å². The number of nitriles is 1. The first kappa shape index (κ1) is 22.9. The molecule has 0 aliphatic carbocycles. The molecule has 0 amide bonds. The second-order valence-corrected chi connectivity index (χ2v) is 9.04. The normalized spacial score (nSPS) is 11.5. The van der Waals surface area contributed by atoms with Crippen molar-refractivity contribution in [3.05, 3.63) is 99.1 Å². The number of hydrogen-bond acceptors (Lipinski definition) is 4. The molecule has 4 aromatic carbocycles. The van der Waals surface area contributed by atoms with E-state index >= 15 is 0 Å². The van der Waals surface area contributed by atoms with Crippen LogP contribution in [0.15, 0.2) is 72.8 Å². The molecule has 5 rings (SSSR count). The molecule has 0 bridgehead atoms. The van der Waals surface area contributed by atoms with Gasteiger partial charge in [-0.05, 0) is 80.9 Å². The summed E-state index contributed by atoms with van der Waals surface area (Å²) in [6.45, 7) is 0.391. The molecule has 5 aromatic rings. The number of nitrogens with zero attached hydrogens (tertiary/aromatic N) is 2. The zero-order valence-electron chi connectivity index (χ0n) is 18.7. The molecule has 1 heterocycles. The second kappa shape index (κ2) is 9.76. The van der Waals surface area contributed by atoms with E-state index in [1.54, 1.807) is 19.3 Å². The Labute approximate surface area is 215 Å². The van der Waals surface area contributed by atoms with Crippen LogP contribution in [0.2, 0.25) is 0 Å². The molecule has 0 unspecified atom stereocenters. The zero-order valence-corrected chi connectivity index (χ0v) is 20.8. The van der Waals surface area contributed by atoms with E-state index in [0.29, 0.717) is 40.5 Å². The van der Waals surface area contributed by atoms with Gasteiger partial charge in [-0.2, -0.15) is 5.26 Å². The van der Waals surface area contributed by atoms with Crippen LogP contribution in [-0.4, -0.2) is 17.1 Å². The minimum absolute atomic E-state index is 0.323. The van der Waals surface area contributed by atoms with Gasteiger partial charge in [-0.25, -0.2) is 9.37 Å². The van der Waals surface area contributed by atoms with Gasteiger partial charge in [-0.1, -0.05) is 42.5 Å². The minimum atomic E-state index is -0.367. The number of rotatable bonds is 6. The summed E-state index contributed by atoms with van der Waals surface area (Å²) in [4.78, 5) is 7.44. The Balaban J connectivity index is 1.45. The Hall–Kier alpha value is -3.90. The van der Waals surface area contributed by atoms with E-state index in [4.69, 9.17) is 9.47 Å². The summed E-state index contributed by atoms with van der Waals surface area (Å²) in [5.41, 5.74) is 3.28. The molecule has 0 saturated carbocycles. The van der Waals surface area contributed by atoms with E-state index in [9.17, 15) is 9.65 Å². The number of ether oxygens (including phenoxy) is 2. The lowest BCUT2D eigenvalue weighted by Gasteiger charge is -2.15. The number of nitrogens with one attached hydrogen (secondary N) is 1. The standard InChI is InChI=1S/C28H19FIN3O2/c1-34-26-13-17(11-20(15-31)28-32-24-10-9-21(29)14-25(24)33-28)12-23(30)27(26)35-16-19-7-4-6-18-5-2-3-8-22(18)19/h2-14H,16H2,1H3,(H,32,33)/b20-11-. The van der Waals surface area contributed by atoms with Crippen molar-refractivity contribution in [1.29, 1.82) is 5.26 Å². The topological polar surface area (TPSA) is 70.9 Å². The number of allylic oxidation sites excluding steroid dienone is 1. The molecule has 7 heteroatoms. The Morgan fingerprint density at radius 2 is 1.94 bits per heavy atom. The molecular formula is C28H19FIN3O2. The van der Waals surface area contributed by atoms with Crippen molar-refractivity contribution in [2.24, 2.45) is 0 Å². The van der Waals surface area contributed by atoms with Gasteiger partial charge in [0.15, 0.2) is 11.5 Å². The van der Waals surface area contributed by atoms with Crippen LogP contribution >= 0.6 is 22.6 Å². The van der Waals surface area contributed by atoms with Gasteiger partial charge >= 0.3 is 0 Å². The van der Waals surface area contributed by atoms with Crippen LogP contribution in [0.5, 0.6) is 11.5 Å². The lowest BCUT2D eigenvalue weighted by atomic mass is 10.1. The van der Waals surface area contributed by atoms with Crippen LogP contribution in [0.1, 0.15) is 17.0 Å². The number of imidazole rings is 1. The quantitative estimate of drug-likeness (QED) is 0.173. The van der Waals surface area contributed by atoms with Crippen LogP contribution in [0.25, 0.3) is 33.5 Å². The first-order chi connectivity index (χ1) is 17.1. The highest BCUT2D eigenvalue weighted by atomic mass is 127. The van der Waals surface area contributed by atoms with Gasteiger partial charge in [0, 0.05) is 0 Å². The Kier molecular flexibility index (Phi) is 6.38. The maximum absolute atomic E-state index is 13.5. The van der Waals surface area contributed by atoms with E-state index in [0.717, 1.165) is 25.5 Å². The molecule has 0 saturated heterocycles. The summed E-state index contributed by atoms with van der Waals surface area (Å²) >= 11 is 2.20. The van der Waals surface area contributed by atoms with Crippen molar-refractivity contribution in [1.82, 2.24) is 9.97 Å². The summed E-state index contributed by atoms with van der Waals surface area (Å²) in [6, 6.07) is 24.5. The fraction of sp³-hybridized carbons (Fsp3) is 0.0714. The first-order valence-corrected chi connectivity index (χ1v) is 11.9. The van der Waals surface area contributed by atoms with Gasteiger partial charge in [-0.15, -0.1) is 0 Å². The fourth-order valence-electron chi connectivity index (χ4n) is 3.96. The fourth-order valence-corrected chi connectivity index (χ4v) is 4.74. The molecule has 5 nitrogen and oxygen atoms in total. The van der Waals surface area contributed by atoms with Crippen LogP contribution in [0.3, 0.4) is 0 Å². The van der Waals surface area contributed by atoms with Crippen LogP contribution in [-0.2, 0) is 6.61 Å². The Bertz CT molecular complexity index is 1630. The summed E-state index contributed by atoms with van der Waals surface area (Å²) in [5, 5.41) is 12.1. The maximum atomic E-state index is 13.5. The summed E-state index contributed by atoms with van der Waals surface area (Å²) in [6.07, 6.45) is 1.72. The lowest BCUT2D eigenvalue weighted by molar-refractivity contribution is 0.283. The third-order valence-corrected chi connectivity index (χ3v) is 6.44. The van der Waals surface area contributed by atoms with Crippen LogP contribution in [0, 0.1) is 20.7 Å². The molecule has 0 aliphatic rings. The van der Waals surface area contributed by atoms with Crippen molar-refractivity contribution in [2.45, 2.75) is 6.61 Å². The SMILES string of the molecule is COc1cc(/C=C(/C#N)c2nc3ccc(F)cc3[nH]2)cc(I)c1OCc1cccc2ccccc12. The Morgan fingerprint density at radius 1 is 1.11 bits per heavy atom. The van der Waals surface area contributed by atoms with Gasteiger partial charge in [-0.3, -0.25) is 0 Å². The number of halogens is 2. The molecule has 0 aliphatic heterocycles. The van der Waals surface area contributed by atoms with Gasteiger partial charge in [0.2, 0.25) is 0 Å². The number of methoxy groups -OCH3 is 1. The summed E-state index contributed by atoms with van der Waals surface area (Å²) in [5.74, 6) is 1.20. The third kappa shape index (κ3) is 4.70. The first-order valence-electron chi connectivity index (χ1n) is 10.8. The van der Waals surface area contributed by atoms with Crippen LogP contribution in [0.4, 0.5) is 4.39 Å². The van der Waals surface area contributed by atoms with E-state index in [1.165, 1.54) is 12.1 Å². The monoisotopic (exact) mass is 575 g/mol.